The molecule has 3 nitrogen and oxygen atoms in total. The zero-order chi connectivity index (χ0) is 13.7. The minimum absolute atomic E-state index is 0.0652. The summed E-state index contributed by atoms with van der Waals surface area (Å²) < 4.78 is 5.71. The number of ether oxygens (including phenoxy) is 1. The molecule has 0 aliphatic carbocycles. The highest BCUT2D eigenvalue weighted by molar-refractivity contribution is 5.80. The van der Waals surface area contributed by atoms with Crippen molar-refractivity contribution in [3.8, 4) is 5.75 Å². The van der Waals surface area contributed by atoms with Crippen molar-refractivity contribution in [1.29, 1.82) is 0 Å². The number of aryl methyl sites for hydroxylation is 1. The molecule has 1 rings (SSSR count). The topological polar surface area (TPSA) is 38.3 Å². The molecule has 0 saturated carbocycles. The van der Waals surface area contributed by atoms with Crippen LogP contribution < -0.4 is 10.1 Å². The van der Waals surface area contributed by atoms with Crippen molar-refractivity contribution in [1.82, 2.24) is 5.32 Å². The molecule has 1 amide bonds. The summed E-state index contributed by atoms with van der Waals surface area (Å²) in [5.74, 6) is 1.16. The fourth-order valence-corrected chi connectivity index (χ4v) is 1.54. The predicted octanol–water partition coefficient (Wildman–Crippen LogP) is 2.84. The minimum Gasteiger partial charge on any atom is -0.481 e. The van der Waals surface area contributed by atoms with E-state index in [2.05, 4.69) is 19.2 Å². The van der Waals surface area contributed by atoms with Crippen LogP contribution in [-0.4, -0.2) is 18.6 Å². The first-order valence-electron chi connectivity index (χ1n) is 6.42. The van der Waals surface area contributed by atoms with Crippen molar-refractivity contribution < 1.29 is 9.53 Å². The Morgan fingerprint density at radius 2 is 1.94 bits per heavy atom. The van der Waals surface area contributed by atoms with E-state index in [0.29, 0.717) is 12.5 Å². The Morgan fingerprint density at radius 3 is 2.56 bits per heavy atom. The Kier molecular flexibility index (Phi) is 5.20. The van der Waals surface area contributed by atoms with E-state index in [1.165, 1.54) is 5.56 Å². The van der Waals surface area contributed by atoms with Gasteiger partial charge in [0, 0.05) is 6.54 Å². The van der Waals surface area contributed by atoms with Crippen LogP contribution in [0.25, 0.3) is 0 Å². The van der Waals surface area contributed by atoms with Gasteiger partial charge in [0.25, 0.3) is 5.91 Å². The summed E-state index contributed by atoms with van der Waals surface area (Å²) in [7, 11) is 0. The van der Waals surface area contributed by atoms with Crippen molar-refractivity contribution in [2.24, 2.45) is 5.92 Å². The molecule has 0 radical (unpaired) electrons. The van der Waals surface area contributed by atoms with Crippen LogP contribution in [0.1, 0.15) is 31.9 Å². The summed E-state index contributed by atoms with van der Waals surface area (Å²) in [5.41, 5.74) is 2.25. The van der Waals surface area contributed by atoms with Gasteiger partial charge in [-0.15, -0.1) is 0 Å². The first-order valence-corrected chi connectivity index (χ1v) is 6.42. The number of benzene rings is 1. The number of nitrogens with one attached hydrogen (secondary N) is 1. The van der Waals surface area contributed by atoms with Crippen LogP contribution in [0, 0.1) is 19.8 Å². The van der Waals surface area contributed by atoms with Crippen LogP contribution in [0.15, 0.2) is 18.2 Å². The Hall–Kier alpha value is -1.51. The Morgan fingerprint density at radius 1 is 1.28 bits per heavy atom. The number of carbonyl (C=O) groups is 1. The second-order valence-electron chi connectivity index (χ2n) is 5.10. The van der Waals surface area contributed by atoms with Gasteiger partial charge in [-0.1, -0.05) is 26.0 Å². The lowest BCUT2D eigenvalue weighted by molar-refractivity contribution is -0.127. The van der Waals surface area contributed by atoms with E-state index in [0.717, 1.165) is 11.3 Å². The van der Waals surface area contributed by atoms with E-state index in [1.807, 2.05) is 32.0 Å². The molecule has 0 spiro atoms. The third kappa shape index (κ3) is 4.06. The maximum Gasteiger partial charge on any atom is 0.260 e. The molecule has 0 bridgehead atoms. The van der Waals surface area contributed by atoms with E-state index in [4.69, 9.17) is 4.74 Å². The van der Waals surface area contributed by atoms with Crippen molar-refractivity contribution in [3.63, 3.8) is 0 Å². The first kappa shape index (κ1) is 14.6. The third-order valence-electron chi connectivity index (χ3n) is 2.91. The van der Waals surface area contributed by atoms with Crippen molar-refractivity contribution >= 4 is 5.91 Å². The Bertz CT molecular complexity index is 413. The van der Waals surface area contributed by atoms with Gasteiger partial charge in [-0.25, -0.2) is 0 Å². The van der Waals surface area contributed by atoms with Gasteiger partial charge in [-0.2, -0.15) is 0 Å². The van der Waals surface area contributed by atoms with Gasteiger partial charge >= 0.3 is 0 Å². The molecular weight excluding hydrogens is 226 g/mol. The standard InChI is InChI=1S/C15H23NO2/c1-10(2)9-16-15(17)13(5)18-14-8-6-7-11(3)12(14)4/h6-8,10,13H,9H2,1-5H3,(H,16,17)/t13-/m0/s1. The summed E-state index contributed by atoms with van der Waals surface area (Å²) >= 11 is 0. The highest BCUT2D eigenvalue weighted by Crippen LogP contribution is 2.21. The lowest BCUT2D eigenvalue weighted by Crippen LogP contribution is -2.38. The fraction of sp³-hybridized carbons (Fsp3) is 0.533. The highest BCUT2D eigenvalue weighted by Gasteiger charge is 2.15. The molecular formula is C15H23NO2. The largest absolute Gasteiger partial charge is 0.481 e. The van der Waals surface area contributed by atoms with Crippen molar-refractivity contribution in [2.45, 2.75) is 40.7 Å². The zero-order valence-corrected chi connectivity index (χ0v) is 11.9. The second kappa shape index (κ2) is 6.43. The molecule has 1 N–H and O–H groups in total. The third-order valence-corrected chi connectivity index (χ3v) is 2.91. The smallest absolute Gasteiger partial charge is 0.260 e. The zero-order valence-electron chi connectivity index (χ0n) is 11.9. The summed E-state index contributed by atoms with van der Waals surface area (Å²) in [6.07, 6.45) is -0.468. The lowest BCUT2D eigenvalue weighted by Gasteiger charge is -2.17. The van der Waals surface area contributed by atoms with Gasteiger partial charge in [0.1, 0.15) is 5.75 Å². The summed E-state index contributed by atoms with van der Waals surface area (Å²) in [6, 6.07) is 5.87. The summed E-state index contributed by atoms with van der Waals surface area (Å²) in [4.78, 5) is 11.8. The van der Waals surface area contributed by atoms with Crippen LogP contribution in [0.5, 0.6) is 5.75 Å². The van der Waals surface area contributed by atoms with Crippen LogP contribution in [-0.2, 0) is 4.79 Å². The SMILES string of the molecule is Cc1cccc(O[C@@H](C)C(=O)NCC(C)C)c1C. The fourth-order valence-electron chi connectivity index (χ4n) is 1.54. The van der Waals surface area contributed by atoms with Crippen LogP contribution in [0.3, 0.4) is 0 Å². The van der Waals surface area contributed by atoms with Gasteiger partial charge in [0.2, 0.25) is 0 Å². The van der Waals surface area contributed by atoms with Crippen molar-refractivity contribution in [3.05, 3.63) is 29.3 Å². The van der Waals surface area contributed by atoms with Gasteiger partial charge in [-0.05, 0) is 43.9 Å². The minimum atomic E-state index is -0.468. The summed E-state index contributed by atoms with van der Waals surface area (Å²) in [5, 5.41) is 2.87. The van der Waals surface area contributed by atoms with E-state index in [9.17, 15) is 4.79 Å². The van der Waals surface area contributed by atoms with E-state index < -0.39 is 6.10 Å². The number of hydrogen-bond acceptors (Lipinski definition) is 2. The maximum absolute atomic E-state index is 11.8. The number of hydrogen-bond donors (Lipinski definition) is 1. The second-order valence-corrected chi connectivity index (χ2v) is 5.10. The molecule has 0 fully saturated rings. The average molecular weight is 249 g/mol. The van der Waals surface area contributed by atoms with E-state index in [-0.39, 0.29) is 5.91 Å². The molecule has 1 aromatic rings. The highest BCUT2D eigenvalue weighted by atomic mass is 16.5. The molecule has 0 aliphatic rings. The normalized spacial score (nSPS) is 12.3. The molecule has 0 saturated heterocycles. The molecule has 3 heteroatoms. The molecule has 100 valence electrons. The number of carbonyl (C=O) groups excluding carboxylic acids is 1. The van der Waals surface area contributed by atoms with Crippen molar-refractivity contribution in [2.75, 3.05) is 6.54 Å². The Balaban J connectivity index is 2.61. The maximum atomic E-state index is 11.8. The van der Waals surface area contributed by atoms with E-state index in [1.54, 1.807) is 6.92 Å². The van der Waals surface area contributed by atoms with Crippen LogP contribution in [0.2, 0.25) is 0 Å². The molecule has 1 aromatic carbocycles. The number of rotatable bonds is 5. The van der Waals surface area contributed by atoms with Gasteiger partial charge < -0.3 is 10.1 Å². The molecule has 0 aromatic heterocycles. The monoisotopic (exact) mass is 249 g/mol. The van der Waals surface area contributed by atoms with Gasteiger partial charge in [-0.3, -0.25) is 4.79 Å². The predicted molar refractivity (Wildman–Crippen MR) is 73.9 cm³/mol. The first-order chi connectivity index (χ1) is 8.41. The molecule has 0 unspecified atom stereocenters. The van der Waals surface area contributed by atoms with Crippen LogP contribution in [0.4, 0.5) is 0 Å². The average Bonchev–Trinajstić information content (AvgIpc) is 2.31. The molecule has 18 heavy (non-hydrogen) atoms. The quantitative estimate of drug-likeness (QED) is 0.871. The number of amides is 1. The lowest BCUT2D eigenvalue weighted by atomic mass is 10.1. The van der Waals surface area contributed by atoms with Gasteiger partial charge in [0.05, 0.1) is 0 Å². The van der Waals surface area contributed by atoms with Crippen LogP contribution >= 0.6 is 0 Å². The molecule has 0 heterocycles. The Labute approximate surface area is 110 Å². The summed E-state index contributed by atoms with van der Waals surface area (Å²) in [6.45, 7) is 10.6. The molecule has 1 atom stereocenters. The molecule has 0 aliphatic heterocycles. The van der Waals surface area contributed by atoms with E-state index >= 15 is 0 Å². The van der Waals surface area contributed by atoms with Gasteiger partial charge in [0.15, 0.2) is 6.10 Å².